The molecule has 3 N–H and O–H groups in total. The van der Waals surface area contributed by atoms with Gasteiger partial charge in [0.2, 0.25) is 0 Å². The minimum absolute atomic E-state index is 0.0291. The quantitative estimate of drug-likeness (QED) is 0.332. The molecule has 2 heterocycles. The van der Waals surface area contributed by atoms with Gasteiger partial charge in [-0.2, -0.15) is 0 Å². The van der Waals surface area contributed by atoms with Gasteiger partial charge in [-0.05, 0) is 64.2 Å². The van der Waals surface area contributed by atoms with Crippen LogP contribution in [-0.2, 0) is 4.79 Å². The smallest absolute Gasteiger partial charge is 0.331 e. The fourth-order valence-electron chi connectivity index (χ4n) is 6.61. The second-order valence-corrected chi connectivity index (χ2v) is 11.1. The average molecular weight is 459 g/mol. The number of hydrogen-bond acceptors (Lipinski definition) is 3. The minimum Gasteiger partial charge on any atom is -0.478 e. The largest absolute Gasteiger partial charge is 0.478 e. The molecule has 0 aromatic carbocycles. The molecule has 2 aliphatic heterocycles. The molecule has 1 saturated heterocycles. The number of piperidine rings is 1. The van der Waals surface area contributed by atoms with Crippen molar-refractivity contribution >= 4 is 5.97 Å². The number of hydrogen-bond donors (Lipinski definition) is 2. The monoisotopic (exact) mass is 458 g/mol. The van der Waals surface area contributed by atoms with Crippen LogP contribution in [0.25, 0.3) is 0 Å². The van der Waals surface area contributed by atoms with Crippen LogP contribution in [-0.4, -0.2) is 42.2 Å². The van der Waals surface area contributed by atoms with Crippen LogP contribution >= 0.6 is 0 Å². The lowest BCUT2D eigenvalue weighted by Crippen LogP contribution is -2.50. The molecule has 3 aliphatic rings. The molecular weight excluding hydrogens is 408 g/mol. The lowest BCUT2D eigenvalue weighted by Gasteiger charge is -2.49. The molecule has 0 aromatic rings. The van der Waals surface area contributed by atoms with Crippen molar-refractivity contribution in [2.24, 2.45) is 17.1 Å². The van der Waals surface area contributed by atoms with Gasteiger partial charge >= 0.3 is 5.97 Å². The summed E-state index contributed by atoms with van der Waals surface area (Å²) in [6, 6.07) is 0. The topological polar surface area (TPSA) is 66.6 Å². The van der Waals surface area contributed by atoms with Crippen LogP contribution in [0.5, 0.6) is 0 Å². The Morgan fingerprint density at radius 3 is 2.24 bits per heavy atom. The van der Waals surface area contributed by atoms with Crippen LogP contribution in [0.1, 0.15) is 116 Å². The van der Waals surface area contributed by atoms with Gasteiger partial charge in [-0.25, -0.2) is 4.79 Å². The number of nitrogens with zero attached hydrogens (tertiary/aromatic N) is 1. The molecule has 3 unspecified atom stereocenters. The highest BCUT2D eigenvalue weighted by molar-refractivity contribution is 5.88. The zero-order chi connectivity index (χ0) is 23.4. The SMILES string of the molecule is NCCCCCCCCCCC12C=C3C=C(C(=O)O)C1CCN(CCCCCCCCC3)C2. The summed E-state index contributed by atoms with van der Waals surface area (Å²) in [7, 11) is 0. The van der Waals surface area contributed by atoms with Crippen molar-refractivity contribution < 1.29 is 9.90 Å². The van der Waals surface area contributed by atoms with Gasteiger partial charge in [0.15, 0.2) is 0 Å². The molecule has 0 aromatic heterocycles. The van der Waals surface area contributed by atoms with E-state index >= 15 is 0 Å². The van der Waals surface area contributed by atoms with Crippen LogP contribution in [0, 0.1) is 11.3 Å². The third-order valence-electron chi connectivity index (χ3n) is 8.42. The molecule has 188 valence electrons. The Labute approximate surface area is 203 Å². The van der Waals surface area contributed by atoms with E-state index in [9.17, 15) is 9.90 Å². The van der Waals surface area contributed by atoms with Crippen molar-refractivity contribution in [1.82, 2.24) is 4.90 Å². The fraction of sp³-hybridized carbons (Fsp3) is 0.828. The standard InChI is InChI=1S/C29H50N2O2/c30-19-14-10-6-2-1-5-9-13-18-29-23-25-16-12-8-4-3-7-11-15-20-31(24-29)21-17-27(29)26(22-25)28(32)33/h22-23,27H,1-21,24,30H2,(H,32,33). The molecule has 4 nitrogen and oxygen atoms in total. The molecule has 4 heteroatoms. The van der Waals surface area contributed by atoms with Crippen LogP contribution in [0.3, 0.4) is 0 Å². The second kappa shape index (κ2) is 14.3. The molecule has 3 bridgehead atoms. The Morgan fingerprint density at radius 2 is 1.55 bits per heavy atom. The Morgan fingerprint density at radius 1 is 0.909 bits per heavy atom. The van der Waals surface area contributed by atoms with E-state index in [-0.39, 0.29) is 11.3 Å². The third kappa shape index (κ3) is 8.24. The molecule has 1 fully saturated rings. The lowest BCUT2D eigenvalue weighted by atomic mass is 9.61. The average Bonchev–Trinajstić information content (AvgIpc) is 2.80. The Kier molecular flexibility index (Phi) is 11.5. The maximum Gasteiger partial charge on any atom is 0.331 e. The van der Waals surface area contributed by atoms with Crippen molar-refractivity contribution in [2.75, 3.05) is 26.2 Å². The van der Waals surface area contributed by atoms with Gasteiger partial charge in [0.1, 0.15) is 0 Å². The minimum atomic E-state index is -0.679. The molecule has 33 heavy (non-hydrogen) atoms. The van der Waals surface area contributed by atoms with Crippen molar-refractivity contribution in [3.8, 4) is 0 Å². The summed E-state index contributed by atoms with van der Waals surface area (Å²) in [5, 5.41) is 10.1. The highest BCUT2D eigenvalue weighted by Crippen LogP contribution is 2.49. The summed E-state index contributed by atoms with van der Waals surface area (Å²) in [4.78, 5) is 15.0. The first kappa shape index (κ1) is 26.5. The van der Waals surface area contributed by atoms with E-state index in [1.165, 1.54) is 102 Å². The summed E-state index contributed by atoms with van der Waals surface area (Å²) in [5.41, 5.74) is 7.64. The summed E-state index contributed by atoms with van der Waals surface area (Å²) in [6.45, 7) is 4.13. The van der Waals surface area contributed by atoms with Crippen molar-refractivity contribution in [3.63, 3.8) is 0 Å². The molecule has 0 radical (unpaired) electrons. The van der Waals surface area contributed by atoms with E-state index < -0.39 is 5.97 Å². The number of aliphatic carboxylic acids is 1. The van der Waals surface area contributed by atoms with E-state index in [1.807, 2.05) is 0 Å². The van der Waals surface area contributed by atoms with E-state index in [1.54, 1.807) is 0 Å². The molecule has 0 amide bonds. The van der Waals surface area contributed by atoms with E-state index in [4.69, 9.17) is 5.73 Å². The van der Waals surface area contributed by atoms with Gasteiger partial charge in [-0.3, -0.25) is 0 Å². The van der Waals surface area contributed by atoms with Crippen molar-refractivity contribution in [3.05, 3.63) is 23.3 Å². The summed E-state index contributed by atoms with van der Waals surface area (Å²) in [6.07, 6.45) is 27.2. The first-order valence-corrected chi connectivity index (χ1v) is 14.2. The van der Waals surface area contributed by atoms with Gasteiger partial charge in [0, 0.05) is 23.5 Å². The number of rotatable bonds is 11. The number of unbranched alkanes of at least 4 members (excludes halogenated alkanes) is 7. The van der Waals surface area contributed by atoms with E-state index in [0.717, 1.165) is 45.3 Å². The number of fused-ring (bicyclic) bond motifs is 1. The van der Waals surface area contributed by atoms with Gasteiger partial charge in [-0.1, -0.05) is 88.7 Å². The summed E-state index contributed by atoms with van der Waals surface area (Å²) < 4.78 is 0. The Bertz CT molecular complexity index is 656. The molecule has 1 aliphatic carbocycles. The lowest BCUT2D eigenvalue weighted by molar-refractivity contribution is -0.134. The van der Waals surface area contributed by atoms with Crippen LogP contribution in [0.15, 0.2) is 23.3 Å². The molecule has 3 atom stereocenters. The fourth-order valence-corrected chi connectivity index (χ4v) is 6.61. The number of nitrogens with two attached hydrogens (primary N) is 1. The Hall–Kier alpha value is -1.13. The predicted octanol–water partition coefficient (Wildman–Crippen LogP) is 6.85. The first-order chi connectivity index (χ1) is 16.1. The van der Waals surface area contributed by atoms with E-state index in [0.29, 0.717) is 5.57 Å². The zero-order valence-corrected chi connectivity index (χ0v) is 21.2. The number of carboxylic acids is 1. The third-order valence-corrected chi connectivity index (χ3v) is 8.42. The second-order valence-electron chi connectivity index (χ2n) is 11.1. The van der Waals surface area contributed by atoms with Crippen molar-refractivity contribution in [2.45, 2.75) is 116 Å². The number of carboxylic acid groups (broad SMARTS) is 1. The predicted molar refractivity (Wildman–Crippen MR) is 138 cm³/mol. The molecule has 3 rings (SSSR count). The number of carbonyl (C=O) groups is 1. The van der Waals surface area contributed by atoms with E-state index in [2.05, 4.69) is 17.1 Å². The zero-order valence-electron chi connectivity index (χ0n) is 21.2. The van der Waals surface area contributed by atoms with Crippen LogP contribution in [0.2, 0.25) is 0 Å². The molecular formula is C29H50N2O2. The maximum absolute atomic E-state index is 12.3. The van der Waals surface area contributed by atoms with Gasteiger partial charge in [-0.15, -0.1) is 0 Å². The summed E-state index contributed by atoms with van der Waals surface area (Å²) in [5.74, 6) is -0.485. The molecule has 0 saturated carbocycles. The highest BCUT2D eigenvalue weighted by atomic mass is 16.4. The Balaban J connectivity index is 1.66. The normalized spacial score (nSPS) is 28.6. The summed E-state index contributed by atoms with van der Waals surface area (Å²) >= 11 is 0. The van der Waals surface area contributed by atoms with Crippen LogP contribution < -0.4 is 5.73 Å². The van der Waals surface area contributed by atoms with Gasteiger partial charge < -0.3 is 15.7 Å². The van der Waals surface area contributed by atoms with Crippen molar-refractivity contribution in [1.29, 1.82) is 0 Å². The first-order valence-electron chi connectivity index (χ1n) is 14.2. The van der Waals surface area contributed by atoms with Gasteiger partial charge in [0.25, 0.3) is 0 Å². The van der Waals surface area contributed by atoms with Gasteiger partial charge in [0.05, 0.1) is 0 Å². The highest BCUT2D eigenvalue weighted by Gasteiger charge is 2.46. The number of allylic oxidation sites excluding steroid dienone is 2. The maximum atomic E-state index is 12.3. The van der Waals surface area contributed by atoms with Crippen LogP contribution in [0.4, 0.5) is 0 Å². The molecule has 0 spiro atoms.